The molecule has 0 radical (unpaired) electrons. The summed E-state index contributed by atoms with van der Waals surface area (Å²) in [6.07, 6.45) is 5.53. The Kier molecular flexibility index (Phi) is 6.92. The second kappa shape index (κ2) is 8.93. The maximum atomic E-state index is 12.5. The van der Waals surface area contributed by atoms with Crippen LogP contribution in [0.4, 0.5) is 5.69 Å². The molecule has 0 spiro atoms. The number of nitrogens with zero attached hydrogens (tertiary/aromatic N) is 4. The van der Waals surface area contributed by atoms with E-state index in [9.17, 15) is 4.79 Å². The van der Waals surface area contributed by atoms with Crippen molar-refractivity contribution < 1.29 is 4.79 Å². The number of hydrogen-bond donors (Lipinski definition) is 2. The zero-order chi connectivity index (χ0) is 16.7. The molecule has 0 bridgehead atoms. The van der Waals surface area contributed by atoms with E-state index in [0.717, 1.165) is 25.7 Å². The van der Waals surface area contributed by atoms with Gasteiger partial charge in [0.05, 0.1) is 18.3 Å². The predicted octanol–water partition coefficient (Wildman–Crippen LogP) is 3.93. The Hall–Kier alpha value is -1.53. The van der Waals surface area contributed by atoms with Crippen molar-refractivity contribution in [2.75, 3.05) is 11.9 Å². The second-order valence-corrected chi connectivity index (χ2v) is 6.17. The number of azide groups is 1. The highest BCUT2D eigenvalue weighted by Gasteiger charge is 2.23. The van der Waals surface area contributed by atoms with Crippen LogP contribution in [0.5, 0.6) is 0 Å². The van der Waals surface area contributed by atoms with Gasteiger partial charge in [-0.15, -0.1) is 0 Å². The van der Waals surface area contributed by atoms with Gasteiger partial charge in [-0.25, -0.2) is 4.98 Å². The standard InChI is InChI=1S/C14H18Cl2N6O/c15-12-7-6-10(13(16)21-12)20-14(23)11(8-18-22-17)19-9-4-2-1-3-5-9/h6-7,9,11,19H,1-5,8H2,(H,20,23)/t11-/m1/s1. The lowest BCUT2D eigenvalue weighted by molar-refractivity contribution is -0.118. The summed E-state index contributed by atoms with van der Waals surface area (Å²) in [6, 6.07) is 2.77. The number of aromatic nitrogens is 1. The SMILES string of the molecule is [N-]=[N+]=NC[C@@H](NC1CCCCC1)C(=O)Nc1ccc(Cl)nc1Cl. The smallest absolute Gasteiger partial charge is 0.241 e. The Morgan fingerprint density at radius 3 is 2.78 bits per heavy atom. The summed E-state index contributed by atoms with van der Waals surface area (Å²) >= 11 is 11.7. The van der Waals surface area contributed by atoms with E-state index >= 15 is 0 Å². The third kappa shape index (κ3) is 5.55. The number of hydrogen-bond acceptors (Lipinski definition) is 4. The van der Waals surface area contributed by atoms with Crippen LogP contribution in [0.25, 0.3) is 10.4 Å². The maximum Gasteiger partial charge on any atom is 0.241 e. The van der Waals surface area contributed by atoms with Gasteiger partial charge in [0, 0.05) is 11.0 Å². The number of pyridine rings is 1. The molecule has 23 heavy (non-hydrogen) atoms. The predicted molar refractivity (Wildman–Crippen MR) is 90.7 cm³/mol. The Bertz CT molecular complexity index is 599. The molecular formula is C14H18Cl2N6O. The van der Waals surface area contributed by atoms with Gasteiger partial charge in [0.1, 0.15) is 5.15 Å². The summed E-state index contributed by atoms with van der Waals surface area (Å²) in [5.41, 5.74) is 8.89. The van der Waals surface area contributed by atoms with Crippen molar-refractivity contribution in [2.45, 2.75) is 44.2 Å². The number of carbonyl (C=O) groups excluding carboxylic acids is 1. The van der Waals surface area contributed by atoms with Gasteiger partial charge in [-0.3, -0.25) is 4.79 Å². The molecule has 0 aromatic carbocycles. The molecule has 0 aliphatic heterocycles. The van der Waals surface area contributed by atoms with E-state index in [2.05, 4.69) is 25.6 Å². The number of amides is 1. The third-order valence-electron chi connectivity index (χ3n) is 3.76. The fourth-order valence-electron chi connectivity index (χ4n) is 2.61. The van der Waals surface area contributed by atoms with Crippen molar-refractivity contribution in [3.05, 3.63) is 32.9 Å². The third-order valence-corrected chi connectivity index (χ3v) is 4.26. The Balaban J connectivity index is 2.04. The van der Waals surface area contributed by atoms with Crippen LogP contribution >= 0.6 is 23.2 Å². The molecule has 1 amide bonds. The van der Waals surface area contributed by atoms with Crippen LogP contribution in [0.1, 0.15) is 32.1 Å². The van der Waals surface area contributed by atoms with Gasteiger partial charge in [-0.05, 0) is 30.5 Å². The minimum Gasteiger partial charge on any atom is -0.322 e. The summed E-state index contributed by atoms with van der Waals surface area (Å²) in [6.45, 7) is 0.0392. The summed E-state index contributed by atoms with van der Waals surface area (Å²) in [5, 5.41) is 9.86. The van der Waals surface area contributed by atoms with Crippen LogP contribution < -0.4 is 10.6 Å². The van der Waals surface area contributed by atoms with Gasteiger partial charge in [0.15, 0.2) is 5.15 Å². The van der Waals surface area contributed by atoms with E-state index in [4.69, 9.17) is 28.7 Å². The van der Waals surface area contributed by atoms with Gasteiger partial charge < -0.3 is 10.6 Å². The molecule has 1 saturated carbocycles. The maximum absolute atomic E-state index is 12.5. The molecule has 1 heterocycles. The van der Waals surface area contributed by atoms with Crippen LogP contribution in [0.15, 0.2) is 17.2 Å². The van der Waals surface area contributed by atoms with Crippen LogP contribution in [0.2, 0.25) is 10.3 Å². The molecule has 2 N–H and O–H groups in total. The molecule has 1 atom stereocenters. The van der Waals surface area contributed by atoms with E-state index in [1.54, 1.807) is 12.1 Å². The van der Waals surface area contributed by atoms with E-state index < -0.39 is 6.04 Å². The average molecular weight is 357 g/mol. The van der Waals surface area contributed by atoms with Crippen molar-refractivity contribution in [1.29, 1.82) is 0 Å². The van der Waals surface area contributed by atoms with Crippen LogP contribution in [0, 0.1) is 0 Å². The van der Waals surface area contributed by atoms with E-state index in [1.807, 2.05) is 0 Å². The second-order valence-electron chi connectivity index (χ2n) is 5.43. The van der Waals surface area contributed by atoms with Crippen LogP contribution in [-0.4, -0.2) is 29.5 Å². The van der Waals surface area contributed by atoms with Crippen molar-refractivity contribution in [3.63, 3.8) is 0 Å². The number of halogens is 2. The number of nitrogens with one attached hydrogen (secondary N) is 2. The number of rotatable bonds is 6. The van der Waals surface area contributed by atoms with Crippen molar-refractivity contribution in [1.82, 2.24) is 10.3 Å². The van der Waals surface area contributed by atoms with Gasteiger partial charge in [-0.2, -0.15) is 0 Å². The summed E-state index contributed by atoms with van der Waals surface area (Å²) < 4.78 is 0. The Morgan fingerprint density at radius 1 is 1.39 bits per heavy atom. The Morgan fingerprint density at radius 2 is 2.13 bits per heavy atom. The quantitative estimate of drug-likeness (QED) is 0.349. The first-order valence-corrected chi connectivity index (χ1v) is 8.25. The minimum absolute atomic E-state index is 0.0392. The first kappa shape index (κ1) is 17.8. The summed E-state index contributed by atoms with van der Waals surface area (Å²) in [7, 11) is 0. The molecule has 1 aromatic heterocycles. The van der Waals surface area contributed by atoms with Crippen LogP contribution in [-0.2, 0) is 4.79 Å². The van der Waals surface area contributed by atoms with Gasteiger partial charge >= 0.3 is 0 Å². The van der Waals surface area contributed by atoms with Crippen LogP contribution in [0.3, 0.4) is 0 Å². The highest BCUT2D eigenvalue weighted by Crippen LogP contribution is 2.22. The fraction of sp³-hybridized carbons (Fsp3) is 0.571. The molecule has 1 aliphatic carbocycles. The van der Waals surface area contributed by atoms with Crippen molar-refractivity contribution in [3.8, 4) is 0 Å². The van der Waals surface area contributed by atoms with Crippen molar-refractivity contribution in [2.24, 2.45) is 5.11 Å². The highest BCUT2D eigenvalue weighted by molar-refractivity contribution is 6.34. The fourth-order valence-corrected chi connectivity index (χ4v) is 3.00. The number of anilines is 1. The lowest BCUT2D eigenvalue weighted by Gasteiger charge is -2.27. The lowest BCUT2D eigenvalue weighted by atomic mass is 9.95. The molecule has 9 heteroatoms. The van der Waals surface area contributed by atoms with E-state index in [-0.39, 0.29) is 28.8 Å². The largest absolute Gasteiger partial charge is 0.322 e. The number of carbonyl (C=O) groups is 1. The molecule has 2 rings (SSSR count). The zero-order valence-electron chi connectivity index (χ0n) is 12.5. The molecule has 124 valence electrons. The molecule has 1 aliphatic rings. The van der Waals surface area contributed by atoms with Gasteiger partial charge in [0.25, 0.3) is 0 Å². The topological polar surface area (TPSA) is 103 Å². The molecule has 0 saturated heterocycles. The monoisotopic (exact) mass is 356 g/mol. The minimum atomic E-state index is -0.610. The normalized spacial score (nSPS) is 16.4. The highest BCUT2D eigenvalue weighted by atomic mass is 35.5. The molecule has 1 aromatic rings. The van der Waals surface area contributed by atoms with E-state index in [1.165, 1.54) is 6.42 Å². The molecular weight excluding hydrogens is 339 g/mol. The molecule has 0 unspecified atom stereocenters. The van der Waals surface area contributed by atoms with Crippen molar-refractivity contribution >= 4 is 34.8 Å². The average Bonchev–Trinajstić information content (AvgIpc) is 2.55. The van der Waals surface area contributed by atoms with Gasteiger partial charge in [-0.1, -0.05) is 47.6 Å². The molecule has 1 fully saturated rings. The van der Waals surface area contributed by atoms with Gasteiger partial charge in [0.2, 0.25) is 5.91 Å². The first-order valence-electron chi connectivity index (χ1n) is 7.50. The zero-order valence-corrected chi connectivity index (χ0v) is 14.0. The van der Waals surface area contributed by atoms with E-state index in [0.29, 0.717) is 5.69 Å². The Labute approximate surface area is 144 Å². The summed E-state index contributed by atoms with van der Waals surface area (Å²) in [4.78, 5) is 19.1. The summed E-state index contributed by atoms with van der Waals surface area (Å²) in [5.74, 6) is -0.311. The molecule has 7 nitrogen and oxygen atoms in total. The lowest BCUT2D eigenvalue weighted by Crippen LogP contribution is -2.48. The first-order chi connectivity index (χ1) is 11.1.